The molecular formula is C12H16O2S2. The van der Waals surface area contributed by atoms with Crippen LogP contribution in [0.4, 0.5) is 0 Å². The molecule has 1 N–H and O–H groups in total. The van der Waals surface area contributed by atoms with Gasteiger partial charge in [0.2, 0.25) is 0 Å². The van der Waals surface area contributed by atoms with Gasteiger partial charge in [0.1, 0.15) is 0 Å². The normalized spacial score (nSPS) is 11.4. The van der Waals surface area contributed by atoms with Gasteiger partial charge in [-0.1, -0.05) is 47.6 Å². The van der Waals surface area contributed by atoms with E-state index in [0.29, 0.717) is 0 Å². The van der Waals surface area contributed by atoms with Gasteiger partial charge in [-0.3, -0.25) is 4.79 Å². The number of carboxylic acid groups (broad SMARTS) is 1. The Balaban J connectivity index is 2.83. The first-order valence-electron chi connectivity index (χ1n) is 4.99. The smallest absolute Gasteiger partial charge is 0.304 e. The molecule has 0 radical (unpaired) electrons. The first-order chi connectivity index (χ1) is 7.45. The monoisotopic (exact) mass is 256 g/mol. The van der Waals surface area contributed by atoms with Gasteiger partial charge < -0.3 is 5.11 Å². The van der Waals surface area contributed by atoms with Crippen molar-refractivity contribution in [2.45, 2.75) is 30.6 Å². The summed E-state index contributed by atoms with van der Waals surface area (Å²) in [6.07, 6.45) is 2.19. The molecule has 1 rings (SSSR count). The fourth-order valence-electron chi connectivity index (χ4n) is 1.54. The van der Waals surface area contributed by atoms with Crippen molar-refractivity contribution in [1.29, 1.82) is 0 Å². The molecule has 0 saturated carbocycles. The van der Waals surface area contributed by atoms with Crippen LogP contribution in [0.2, 0.25) is 0 Å². The minimum atomic E-state index is -0.757. The molecule has 0 fully saturated rings. The third-order valence-electron chi connectivity index (χ3n) is 2.41. The van der Waals surface area contributed by atoms with Crippen LogP contribution in [0.25, 0.3) is 0 Å². The highest BCUT2D eigenvalue weighted by Crippen LogP contribution is 2.32. The predicted molar refractivity (Wildman–Crippen MR) is 71.1 cm³/mol. The van der Waals surface area contributed by atoms with Gasteiger partial charge >= 0.3 is 5.97 Å². The SMILES string of the molecule is CSSc1ccc(C(C)(C)CC(=O)O)cc1. The maximum absolute atomic E-state index is 10.8. The standard InChI is InChI=1S/C12H16O2S2/c1-12(2,8-11(13)14)9-4-6-10(7-5-9)16-15-3/h4-7H,8H2,1-3H3,(H,13,14). The third kappa shape index (κ3) is 3.76. The van der Waals surface area contributed by atoms with E-state index in [4.69, 9.17) is 5.11 Å². The Morgan fingerprint density at radius 1 is 1.31 bits per heavy atom. The number of rotatable bonds is 5. The fourth-order valence-corrected chi connectivity index (χ4v) is 2.89. The molecule has 0 amide bonds. The topological polar surface area (TPSA) is 37.3 Å². The van der Waals surface area contributed by atoms with Crippen LogP contribution in [0.1, 0.15) is 25.8 Å². The summed E-state index contributed by atoms with van der Waals surface area (Å²) in [6, 6.07) is 8.11. The molecular weight excluding hydrogens is 240 g/mol. The second-order valence-corrected chi connectivity index (χ2v) is 6.70. The summed E-state index contributed by atoms with van der Waals surface area (Å²) in [5, 5.41) is 8.84. The number of carboxylic acids is 1. The van der Waals surface area contributed by atoms with Gasteiger partial charge in [-0.25, -0.2) is 0 Å². The van der Waals surface area contributed by atoms with Crippen molar-refractivity contribution in [3.05, 3.63) is 29.8 Å². The average Bonchev–Trinajstić information content (AvgIpc) is 2.17. The van der Waals surface area contributed by atoms with Gasteiger partial charge in [-0.2, -0.15) is 0 Å². The summed E-state index contributed by atoms with van der Waals surface area (Å²) >= 11 is 0. The third-order valence-corrected chi connectivity index (χ3v) is 4.12. The van der Waals surface area contributed by atoms with Crippen LogP contribution >= 0.6 is 21.6 Å². The number of aliphatic carboxylic acids is 1. The van der Waals surface area contributed by atoms with Crippen LogP contribution in [-0.2, 0) is 10.2 Å². The molecule has 0 aliphatic rings. The van der Waals surface area contributed by atoms with Crippen LogP contribution < -0.4 is 0 Å². The van der Waals surface area contributed by atoms with E-state index in [0.717, 1.165) is 5.56 Å². The van der Waals surface area contributed by atoms with Crippen molar-refractivity contribution in [3.8, 4) is 0 Å². The Hall–Kier alpha value is -0.610. The highest BCUT2D eigenvalue weighted by molar-refractivity contribution is 8.76. The lowest BCUT2D eigenvalue weighted by atomic mass is 9.82. The Kier molecular flexibility index (Phi) is 4.74. The second-order valence-electron chi connectivity index (χ2n) is 4.23. The molecule has 0 bridgehead atoms. The molecule has 2 nitrogen and oxygen atoms in total. The molecule has 0 saturated heterocycles. The number of carbonyl (C=O) groups is 1. The molecule has 0 spiro atoms. The van der Waals surface area contributed by atoms with E-state index in [-0.39, 0.29) is 11.8 Å². The van der Waals surface area contributed by atoms with E-state index in [1.807, 2.05) is 44.4 Å². The molecule has 0 unspecified atom stereocenters. The molecule has 16 heavy (non-hydrogen) atoms. The lowest BCUT2D eigenvalue weighted by Gasteiger charge is -2.23. The van der Waals surface area contributed by atoms with Gasteiger partial charge in [-0.15, -0.1) is 0 Å². The van der Waals surface area contributed by atoms with E-state index in [1.165, 1.54) is 4.90 Å². The van der Waals surface area contributed by atoms with Crippen LogP contribution in [0.3, 0.4) is 0 Å². The Labute approximate surface area is 104 Å². The summed E-state index contributed by atoms with van der Waals surface area (Å²) in [6.45, 7) is 3.91. The van der Waals surface area contributed by atoms with Crippen LogP contribution in [0.5, 0.6) is 0 Å². The summed E-state index contributed by atoms with van der Waals surface area (Å²) in [7, 11) is 3.41. The zero-order chi connectivity index (χ0) is 12.2. The van der Waals surface area contributed by atoms with Crippen molar-refractivity contribution in [2.75, 3.05) is 6.26 Å². The molecule has 4 heteroatoms. The van der Waals surface area contributed by atoms with Gasteiger partial charge in [0.05, 0.1) is 6.42 Å². The zero-order valence-electron chi connectivity index (χ0n) is 9.69. The molecule has 0 atom stereocenters. The second kappa shape index (κ2) is 5.64. The van der Waals surface area contributed by atoms with Gasteiger partial charge in [-0.05, 0) is 24.0 Å². The fraction of sp³-hybridized carbons (Fsp3) is 0.417. The molecule has 0 aliphatic carbocycles. The zero-order valence-corrected chi connectivity index (χ0v) is 11.3. The number of benzene rings is 1. The molecule has 0 aromatic heterocycles. The van der Waals surface area contributed by atoms with E-state index in [2.05, 4.69) is 0 Å². The van der Waals surface area contributed by atoms with Crippen LogP contribution in [-0.4, -0.2) is 17.3 Å². The average molecular weight is 256 g/mol. The Bertz CT molecular complexity index is 358. The van der Waals surface area contributed by atoms with E-state index < -0.39 is 5.97 Å². The van der Waals surface area contributed by atoms with Crippen molar-refractivity contribution < 1.29 is 9.90 Å². The molecule has 1 aromatic rings. The number of hydrogen-bond acceptors (Lipinski definition) is 3. The minimum absolute atomic E-state index is 0.155. The van der Waals surface area contributed by atoms with Gasteiger partial charge in [0.25, 0.3) is 0 Å². The quantitative estimate of drug-likeness (QED) is 0.813. The summed E-state index contributed by atoms with van der Waals surface area (Å²) < 4.78 is 0. The number of hydrogen-bond donors (Lipinski definition) is 1. The first-order valence-corrected chi connectivity index (χ1v) is 7.54. The molecule has 1 aromatic carbocycles. The van der Waals surface area contributed by atoms with Crippen LogP contribution in [0, 0.1) is 0 Å². The lowest BCUT2D eigenvalue weighted by molar-refractivity contribution is -0.138. The van der Waals surface area contributed by atoms with E-state index in [9.17, 15) is 4.79 Å². The summed E-state index contributed by atoms with van der Waals surface area (Å²) in [5.74, 6) is -0.757. The molecule has 0 aliphatic heterocycles. The highest BCUT2D eigenvalue weighted by atomic mass is 33.1. The largest absolute Gasteiger partial charge is 0.481 e. The first kappa shape index (κ1) is 13.5. The maximum Gasteiger partial charge on any atom is 0.304 e. The van der Waals surface area contributed by atoms with Crippen LogP contribution in [0.15, 0.2) is 29.2 Å². The molecule has 88 valence electrons. The van der Waals surface area contributed by atoms with Crippen molar-refractivity contribution in [3.63, 3.8) is 0 Å². The summed E-state index contributed by atoms with van der Waals surface area (Å²) in [5.41, 5.74) is 0.759. The Morgan fingerprint density at radius 2 is 1.88 bits per heavy atom. The van der Waals surface area contributed by atoms with Gasteiger partial charge in [0, 0.05) is 10.3 Å². The highest BCUT2D eigenvalue weighted by Gasteiger charge is 2.23. The summed E-state index contributed by atoms with van der Waals surface area (Å²) in [4.78, 5) is 11.9. The molecule has 0 heterocycles. The van der Waals surface area contributed by atoms with E-state index >= 15 is 0 Å². The minimum Gasteiger partial charge on any atom is -0.481 e. The van der Waals surface area contributed by atoms with E-state index in [1.54, 1.807) is 21.6 Å². The predicted octanol–water partition coefficient (Wildman–Crippen LogP) is 3.81. The van der Waals surface area contributed by atoms with Crippen molar-refractivity contribution >= 4 is 27.6 Å². The maximum atomic E-state index is 10.8. The Morgan fingerprint density at radius 3 is 2.31 bits per heavy atom. The van der Waals surface area contributed by atoms with Crippen molar-refractivity contribution in [1.82, 2.24) is 0 Å². The van der Waals surface area contributed by atoms with Gasteiger partial charge in [0.15, 0.2) is 0 Å². The lowest BCUT2D eigenvalue weighted by Crippen LogP contribution is -2.21. The van der Waals surface area contributed by atoms with Crippen molar-refractivity contribution in [2.24, 2.45) is 0 Å².